The standard InChI is InChI=1S/C13H12Cl2N2O/c1-8-5-13(18)17(9(2)16-8)7-10-3-4-11(14)6-12(10)15/h3-6H,7H2,1-2H3. The number of nitrogens with zero attached hydrogens (tertiary/aromatic N) is 2. The summed E-state index contributed by atoms with van der Waals surface area (Å²) in [5.41, 5.74) is 1.49. The third kappa shape index (κ3) is 2.74. The summed E-state index contributed by atoms with van der Waals surface area (Å²) >= 11 is 11.9. The maximum Gasteiger partial charge on any atom is 0.254 e. The lowest BCUT2D eigenvalue weighted by molar-refractivity contribution is 0.694. The fourth-order valence-corrected chi connectivity index (χ4v) is 2.24. The Kier molecular flexibility index (Phi) is 3.73. The zero-order valence-electron chi connectivity index (χ0n) is 10.1. The number of benzene rings is 1. The molecule has 0 unspecified atom stereocenters. The Labute approximate surface area is 115 Å². The maximum atomic E-state index is 11.9. The molecule has 1 aromatic heterocycles. The Bertz CT molecular complexity index is 650. The van der Waals surface area contributed by atoms with E-state index in [0.717, 1.165) is 11.3 Å². The van der Waals surface area contributed by atoms with E-state index < -0.39 is 0 Å². The topological polar surface area (TPSA) is 34.9 Å². The molecule has 18 heavy (non-hydrogen) atoms. The fraction of sp³-hybridized carbons (Fsp3) is 0.231. The number of rotatable bonds is 2. The molecule has 1 aromatic carbocycles. The normalized spacial score (nSPS) is 10.7. The van der Waals surface area contributed by atoms with E-state index in [0.29, 0.717) is 22.4 Å². The second-order valence-corrected chi connectivity index (χ2v) is 4.95. The molecule has 0 N–H and O–H groups in total. The van der Waals surface area contributed by atoms with Gasteiger partial charge in [-0.15, -0.1) is 0 Å². The Balaban J connectivity index is 2.43. The van der Waals surface area contributed by atoms with Crippen molar-refractivity contribution in [2.24, 2.45) is 0 Å². The molecular weight excluding hydrogens is 271 g/mol. The summed E-state index contributed by atoms with van der Waals surface area (Å²) < 4.78 is 1.59. The molecule has 0 bridgehead atoms. The van der Waals surface area contributed by atoms with Crippen molar-refractivity contribution in [1.82, 2.24) is 9.55 Å². The molecule has 0 aliphatic rings. The second-order valence-electron chi connectivity index (χ2n) is 4.10. The number of aryl methyl sites for hydroxylation is 2. The van der Waals surface area contributed by atoms with Crippen LogP contribution in [0, 0.1) is 13.8 Å². The molecule has 0 saturated carbocycles. The van der Waals surface area contributed by atoms with E-state index in [4.69, 9.17) is 23.2 Å². The van der Waals surface area contributed by atoms with Crippen LogP contribution in [0.2, 0.25) is 10.0 Å². The van der Waals surface area contributed by atoms with Crippen molar-refractivity contribution >= 4 is 23.2 Å². The van der Waals surface area contributed by atoms with Crippen molar-refractivity contribution in [1.29, 1.82) is 0 Å². The first-order chi connectivity index (χ1) is 8.47. The largest absolute Gasteiger partial charge is 0.292 e. The van der Waals surface area contributed by atoms with Gasteiger partial charge in [0.1, 0.15) is 5.82 Å². The average Bonchev–Trinajstić information content (AvgIpc) is 2.25. The van der Waals surface area contributed by atoms with Gasteiger partial charge in [-0.05, 0) is 31.5 Å². The van der Waals surface area contributed by atoms with Crippen LogP contribution < -0.4 is 5.56 Å². The van der Waals surface area contributed by atoms with Crippen LogP contribution in [0.4, 0.5) is 0 Å². The number of hydrogen-bond acceptors (Lipinski definition) is 2. The third-order valence-electron chi connectivity index (χ3n) is 2.67. The molecule has 3 nitrogen and oxygen atoms in total. The van der Waals surface area contributed by atoms with Crippen LogP contribution in [0.15, 0.2) is 29.1 Å². The van der Waals surface area contributed by atoms with E-state index >= 15 is 0 Å². The average molecular weight is 283 g/mol. The molecule has 0 aliphatic heterocycles. The predicted octanol–water partition coefficient (Wildman–Crippen LogP) is 3.22. The van der Waals surface area contributed by atoms with E-state index in [1.807, 2.05) is 6.07 Å². The Hall–Kier alpha value is -1.32. The quantitative estimate of drug-likeness (QED) is 0.848. The highest BCUT2D eigenvalue weighted by Crippen LogP contribution is 2.21. The lowest BCUT2D eigenvalue weighted by atomic mass is 10.2. The molecule has 0 amide bonds. The zero-order chi connectivity index (χ0) is 13.3. The summed E-state index contributed by atoms with van der Waals surface area (Å²) in [6.07, 6.45) is 0. The van der Waals surface area contributed by atoms with E-state index in [9.17, 15) is 4.79 Å². The first-order valence-electron chi connectivity index (χ1n) is 5.46. The molecular formula is C13H12Cl2N2O. The lowest BCUT2D eigenvalue weighted by Crippen LogP contribution is -2.24. The van der Waals surface area contributed by atoms with Crippen LogP contribution in [-0.4, -0.2) is 9.55 Å². The van der Waals surface area contributed by atoms with Gasteiger partial charge in [0.2, 0.25) is 0 Å². The van der Waals surface area contributed by atoms with Crippen molar-refractivity contribution in [3.05, 3.63) is 61.7 Å². The fourth-order valence-electron chi connectivity index (χ4n) is 1.78. The third-order valence-corrected chi connectivity index (χ3v) is 3.26. The molecule has 0 aliphatic carbocycles. The summed E-state index contributed by atoms with van der Waals surface area (Å²) in [7, 11) is 0. The van der Waals surface area contributed by atoms with Gasteiger partial charge < -0.3 is 0 Å². The zero-order valence-corrected chi connectivity index (χ0v) is 11.6. The summed E-state index contributed by atoms with van der Waals surface area (Å²) in [6.45, 7) is 4.00. The van der Waals surface area contributed by atoms with E-state index in [1.54, 1.807) is 30.5 Å². The van der Waals surface area contributed by atoms with Crippen molar-refractivity contribution in [3.8, 4) is 0 Å². The van der Waals surface area contributed by atoms with Gasteiger partial charge in [0, 0.05) is 21.8 Å². The molecule has 0 radical (unpaired) electrons. The number of halogens is 2. The van der Waals surface area contributed by atoms with Crippen molar-refractivity contribution < 1.29 is 0 Å². The maximum absolute atomic E-state index is 11.9. The highest BCUT2D eigenvalue weighted by atomic mass is 35.5. The van der Waals surface area contributed by atoms with Crippen LogP contribution >= 0.6 is 23.2 Å². The Morgan fingerprint density at radius 1 is 1.22 bits per heavy atom. The predicted molar refractivity (Wildman–Crippen MR) is 73.5 cm³/mol. The Morgan fingerprint density at radius 2 is 1.94 bits per heavy atom. The van der Waals surface area contributed by atoms with Gasteiger partial charge in [-0.1, -0.05) is 29.3 Å². The monoisotopic (exact) mass is 282 g/mol. The summed E-state index contributed by atoms with van der Waals surface area (Å²) in [6, 6.07) is 6.75. The minimum Gasteiger partial charge on any atom is -0.292 e. The van der Waals surface area contributed by atoms with Crippen LogP contribution in [-0.2, 0) is 6.54 Å². The van der Waals surface area contributed by atoms with Gasteiger partial charge >= 0.3 is 0 Å². The summed E-state index contributed by atoms with van der Waals surface area (Å²) in [4.78, 5) is 16.2. The second kappa shape index (κ2) is 5.12. The molecule has 2 aromatic rings. The van der Waals surface area contributed by atoms with Crippen molar-refractivity contribution in [2.75, 3.05) is 0 Å². The minimum atomic E-state index is -0.0778. The SMILES string of the molecule is Cc1cc(=O)n(Cc2ccc(Cl)cc2Cl)c(C)n1. The number of aromatic nitrogens is 2. The van der Waals surface area contributed by atoms with Crippen LogP contribution in [0.25, 0.3) is 0 Å². The Morgan fingerprint density at radius 3 is 2.56 bits per heavy atom. The van der Waals surface area contributed by atoms with E-state index in [1.165, 1.54) is 6.07 Å². The minimum absolute atomic E-state index is 0.0778. The van der Waals surface area contributed by atoms with Crippen LogP contribution in [0.3, 0.4) is 0 Å². The van der Waals surface area contributed by atoms with E-state index in [2.05, 4.69) is 4.98 Å². The summed E-state index contributed by atoms with van der Waals surface area (Å²) in [5, 5.41) is 1.13. The molecule has 1 heterocycles. The highest BCUT2D eigenvalue weighted by Gasteiger charge is 2.07. The molecule has 5 heteroatoms. The molecule has 0 fully saturated rings. The van der Waals surface area contributed by atoms with Crippen LogP contribution in [0.5, 0.6) is 0 Å². The van der Waals surface area contributed by atoms with Gasteiger partial charge in [0.25, 0.3) is 5.56 Å². The number of hydrogen-bond donors (Lipinski definition) is 0. The lowest BCUT2D eigenvalue weighted by Gasteiger charge is -2.11. The van der Waals surface area contributed by atoms with Gasteiger partial charge in [-0.25, -0.2) is 4.98 Å². The first kappa shape index (κ1) is 13.1. The first-order valence-corrected chi connectivity index (χ1v) is 6.22. The molecule has 2 rings (SSSR count). The molecule has 0 spiro atoms. The van der Waals surface area contributed by atoms with Crippen molar-refractivity contribution in [2.45, 2.75) is 20.4 Å². The molecule has 94 valence electrons. The van der Waals surface area contributed by atoms with Crippen LogP contribution in [0.1, 0.15) is 17.1 Å². The molecule has 0 atom stereocenters. The summed E-state index contributed by atoms with van der Waals surface area (Å²) in [5.74, 6) is 0.672. The van der Waals surface area contributed by atoms with Gasteiger partial charge in [0.05, 0.1) is 6.54 Å². The van der Waals surface area contributed by atoms with Crippen molar-refractivity contribution in [3.63, 3.8) is 0 Å². The highest BCUT2D eigenvalue weighted by molar-refractivity contribution is 6.35. The smallest absolute Gasteiger partial charge is 0.254 e. The van der Waals surface area contributed by atoms with Gasteiger partial charge in [-0.2, -0.15) is 0 Å². The van der Waals surface area contributed by atoms with Gasteiger partial charge in [-0.3, -0.25) is 9.36 Å². The molecule has 0 saturated heterocycles. The van der Waals surface area contributed by atoms with Gasteiger partial charge in [0.15, 0.2) is 0 Å². The van der Waals surface area contributed by atoms with E-state index in [-0.39, 0.29) is 5.56 Å².